The lowest BCUT2D eigenvalue weighted by Crippen LogP contribution is -1.86. The Balaban J connectivity index is 2.37. The molecule has 0 aliphatic rings. The minimum atomic E-state index is -0.266. The summed E-state index contributed by atoms with van der Waals surface area (Å²) in [5.41, 5.74) is 1.55. The van der Waals surface area contributed by atoms with Crippen molar-refractivity contribution >= 4 is 15.9 Å². The minimum absolute atomic E-state index is 0.0597. The SMILES string of the molecule is CCC(Br)c1nnc(-c2ccc(F)cc2C)o1. The molecule has 1 aromatic carbocycles. The van der Waals surface area contributed by atoms with Crippen LogP contribution >= 0.6 is 15.9 Å². The maximum absolute atomic E-state index is 13.0. The van der Waals surface area contributed by atoms with Gasteiger partial charge in [-0.2, -0.15) is 0 Å². The van der Waals surface area contributed by atoms with Crippen LogP contribution in [0.4, 0.5) is 4.39 Å². The molecule has 1 unspecified atom stereocenters. The van der Waals surface area contributed by atoms with Crippen LogP contribution < -0.4 is 0 Å². The van der Waals surface area contributed by atoms with E-state index in [1.807, 2.05) is 13.8 Å². The molecule has 0 amide bonds. The Labute approximate surface area is 107 Å². The molecule has 0 saturated carbocycles. The van der Waals surface area contributed by atoms with E-state index in [1.165, 1.54) is 12.1 Å². The standard InChI is InChI=1S/C12H12BrFN2O/c1-3-10(13)12-16-15-11(17-12)9-5-4-8(14)6-7(9)2/h4-6,10H,3H2,1-2H3. The number of benzene rings is 1. The van der Waals surface area contributed by atoms with E-state index >= 15 is 0 Å². The van der Waals surface area contributed by atoms with Crippen LogP contribution in [0.1, 0.15) is 29.6 Å². The highest BCUT2D eigenvalue weighted by Gasteiger charge is 2.15. The lowest BCUT2D eigenvalue weighted by atomic mass is 10.1. The van der Waals surface area contributed by atoms with Gasteiger partial charge in [0.15, 0.2) is 0 Å². The first kappa shape index (κ1) is 12.2. The highest BCUT2D eigenvalue weighted by atomic mass is 79.9. The first-order valence-corrected chi connectivity index (χ1v) is 6.27. The van der Waals surface area contributed by atoms with Crippen LogP contribution in [-0.4, -0.2) is 10.2 Å². The molecule has 17 heavy (non-hydrogen) atoms. The van der Waals surface area contributed by atoms with Crippen molar-refractivity contribution in [3.8, 4) is 11.5 Å². The average molecular weight is 299 g/mol. The molecule has 0 aliphatic heterocycles. The van der Waals surface area contributed by atoms with Crippen molar-refractivity contribution in [1.29, 1.82) is 0 Å². The molecular formula is C12H12BrFN2O. The first-order chi connectivity index (χ1) is 8.11. The molecule has 0 saturated heterocycles. The fourth-order valence-corrected chi connectivity index (χ4v) is 1.70. The predicted molar refractivity (Wildman–Crippen MR) is 66.4 cm³/mol. The second-order valence-corrected chi connectivity index (χ2v) is 4.89. The Morgan fingerprint density at radius 2 is 2.18 bits per heavy atom. The van der Waals surface area contributed by atoms with Gasteiger partial charge >= 0.3 is 0 Å². The van der Waals surface area contributed by atoms with Crippen LogP contribution in [0.15, 0.2) is 22.6 Å². The summed E-state index contributed by atoms with van der Waals surface area (Å²) in [6.07, 6.45) is 0.865. The second kappa shape index (κ2) is 4.96. The van der Waals surface area contributed by atoms with Crippen molar-refractivity contribution in [3.63, 3.8) is 0 Å². The molecule has 5 heteroatoms. The molecule has 0 radical (unpaired) electrons. The van der Waals surface area contributed by atoms with Gasteiger partial charge < -0.3 is 4.42 Å². The zero-order chi connectivity index (χ0) is 12.4. The van der Waals surface area contributed by atoms with Crippen molar-refractivity contribution in [2.24, 2.45) is 0 Å². The maximum atomic E-state index is 13.0. The Morgan fingerprint density at radius 1 is 1.41 bits per heavy atom. The molecule has 2 aromatic rings. The van der Waals surface area contributed by atoms with Gasteiger partial charge in [-0.05, 0) is 37.1 Å². The summed E-state index contributed by atoms with van der Waals surface area (Å²) in [5, 5.41) is 7.95. The van der Waals surface area contributed by atoms with E-state index in [1.54, 1.807) is 6.07 Å². The average Bonchev–Trinajstić information content (AvgIpc) is 2.77. The minimum Gasteiger partial charge on any atom is -0.419 e. The van der Waals surface area contributed by atoms with Crippen LogP contribution in [0, 0.1) is 12.7 Å². The fourth-order valence-electron chi connectivity index (χ4n) is 1.51. The third-order valence-electron chi connectivity index (χ3n) is 2.49. The van der Waals surface area contributed by atoms with Gasteiger partial charge in [0, 0.05) is 5.56 Å². The van der Waals surface area contributed by atoms with E-state index in [9.17, 15) is 4.39 Å². The van der Waals surface area contributed by atoms with E-state index in [2.05, 4.69) is 26.1 Å². The van der Waals surface area contributed by atoms with Crippen molar-refractivity contribution in [2.75, 3.05) is 0 Å². The Morgan fingerprint density at radius 3 is 2.82 bits per heavy atom. The van der Waals surface area contributed by atoms with Crippen LogP contribution in [0.25, 0.3) is 11.5 Å². The highest BCUT2D eigenvalue weighted by Crippen LogP contribution is 2.29. The van der Waals surface area contributed by atoms with Gasteiger partial charge in [0.25, 0.3) is 0 Å². The molecule has 0 fully saturated rings. The maximum Gasteiger partial charge on any atom is 0.248 e. The number of aryl methyl sites for hydroxylation is 1. The molecule has 1 atom stereocenters. The van der Waals surface area contributed by atoms with Gasteiger partial charge in [-0.15, -0.1) is 10.2 Å². The molecule has 3 nitrogen and oxygen atoms in total. The summed E-state index contributed by atoms with van der Waals surface area (Å²) in [6.45, 7) is 3.83. The second-order valence-electron chi connectivity index (χ2n) is 3.78. The molecule has 0 N–H and O–H groups in total. The van der Waals surface area contributed by atoms with E-state index in [4.69, 9.17) is 4.42 Å². The first-order valence-electron chi connectivity index (χ1n) is 5.35. The van der Waals surface area contributed by atoms with Gasteiger partial charge in [0.2, 0.25) is 11.8 Å². The summed E-state index contributed by atoms with van der Waals surface area (Å²) >= 11 is 3.44. The Kier molecular flexibility index (Phi) is 3.57. The third-order valence-corrected chi connectivity index (χ3v) is 3.53. The molecule has 0 spiro atoms. The predicted octanol–water partition coefficient (Wildman–Crippen LogP) is 4.03. The van der Waals surface area contributed by atoms with Crippen molar-refractivity contribution in [1.82, 2.24) is 10.2 Å². The molecule has 90 valence electrons. The van der Waals surface area contributed by atoms with Gasteiger partial charge in [0.05, 0.1) is 4.83 Å². The van der Waals surface area contributed by atoms with E-state index in [0.717, 1.165) is 17.5 Å². The number of aromatic nitrogens is 2. The van der Waals surface area contributed by atoms with Crippen LogP contribution in [0.5, 0.6) is 0 Å². The highest BCUT2D eigenvalue weighted by molar-refractivity contribution is 9.09. The van der Waals surface area contributed by atoms with Gasteiger partial charge in [-0.25, -0.2) is 4.39 Å². The Bertz CT molecular complexity index is 527. The van der Waals surface area contributed by atoms with E-state index in [0.29, 0.717) is 11.8 Å². The smallest absolute Gasteiger partial charge is 0.248 e. The molecule has 0 aliphatic carbocycles. The number of nitrogens with zero attached hydrogens (tertiary/aromatic N) is 2. The van der Waals surface area contributed by atoms with Crippen LogP contribution in [-0.2, 0) is 0 Å². The molecule has 1 heterocycles. The van der Waals surface area contributed by atoms with Crippen molar-refractivity contribution < 1.29 is 8.81 Å². The topological polar surface area (TPSA) is 38.9 Å². The summed E-state index contributed by atoms with van der Waals surface area (Å²) in [4.78, 5) is 0.0597. The molecule has 2 rings (SSSR count). The normalized spacial score (nSPS) is 12.7. The number of alkyl halides is 1. The summed E-state index contributed by atoms with van der Waals surface area (Å²) in [5.74, 6) is 0.708. The summed E-state index contributed by atoms with van der Waals surface area (Å²) < 4.78 is 18.5. The number of rotatable bonds is 3. The van der Waals surface area contributed by atoms with Gasteiger partial charge in [-0.3, -0.25) is 0 Å². The lowest BCUT2D eigenvalue weighted by Gasteiger charge is -2.01. The zero-order valence-corrected chi connectivity index (χ0v) is 11.2. The van der Waals surface area contributed by atoms with Crippen LogP contribution in [0.2, 0.25) is 0 Å². The Hall–Kier alpha value is -1.23. The largest absolute Gasteiger partial charge is 0.419 e. The third kappa shape index (κ3) is 2.54. The van der Waals surface area contributed by atoms with Gasteiger partial charge in [-0.1, -0.05) is 22.9 Å². The summed E-state index contributed by atoms with van der Waals surface area (Å²) in [7, 11) is 0. The van der Waals surface area contributed by atoms with E-state index < -0.39 is 0 Å². The number of hydrogen-bond donors (Lipinski definition) is 0. The number of hydrogen-bond acceptors (Lipinski definition) is 3. The molecule has 1 aromatic heterocycles. The lowest BCUT2D eigenvalue weighted by molar-refractivity contribution is 0.500. The van der Waals surface area contributed by atoms with Crippen LogP contribution in [0.3, 0.4) is 0 Å². The monoisotopic (exact) mass is 298 g/mol. The summed E-state index contributed by atoms with van der Waals surface area (Å²) in [6, 6.07) is 4.49. The zero-order valence-electron chi connectivity index (χ0n) is 9.58. The molecular weight excluding hydrogens is 287 g/mol. The fraction of sp³-hybridized carbons (Fsp3) is 0.333. The van der Waals surface area contributed by atoms with Crippen molar-refractivity contribution in [2.45, 2.75) is 25.1 Å². The van der Waals surface area contributed by atoms with E-state index in [-0.39, 0.29) is 10.6 Å². The van der Waals surface area contributed by atoms with Gasteiger partial charge in [0.1, 0.15) is 5.82 Å². The molecule has 0 bridgehead atoms. The van der Waals surface area contributed by atoms with Crippen molar-refractivity contribution in [3.05, 3.63) is 35.5 Å². The quantitative estimate of drug-likeness (QED) is 0.803. The number of halogens is 2.